The molecule has 0 unspecified atom stereocenters. The van der Waals surface area contributed by atoms with Crippen LogP contribution in [0.5, 0.6) is 11.5 Å². The van der Waals surface area contributed by atoms with Crippen LogP contribution in [0.25, 0.3) is 24.3 Å². The summed E-state index contributed by atoms with van der Waals surface area (Å²) in [6, 6.07) is 20.8. The van der Waals surface area contributed by atoms with Crippen molar-refractivity contribution in [2.24, 2.45) is 0 Å². The van der Waals surface area contributed by atoms with Crippen LogP contribution in [0.3, 0.4) is 0 Å². The summed E-state index contributed by atoms with van der Waals surface area (Å²) in [6.07, 6.45) is 10.4. The third-order valence-corrected chi connectivity index (χ3v) is 4.75. The fourth-order valence-electron chi connectivity index (χ4n) is 2.98. The average molecular weight is 437 g/mol. The summed E-state index contributed by atoms with van der Waals surface area (Å²) in [5.74, 6) is 0.0104. The number of benzene rings is 3. The molecule has 0 saturated carbocycles. The number of ether oxygens (including phenoxy) is 2. The molecule has 3 aromatic carbocycles. The molecule has 0 atom stereocenters. The molecule has 0 amide bonds. The molecule has 4 heteroatoms. The predicted molar refractivity (Wildman–Crippen MR) is 134 cm³/mol. The molecule has 0 aromatic heterocycles. The molecule has 0 bridgehead atoms. The zero-order valence-corrected chi connectivity index (χ0v) is 18.4. The Kier molecular flexibility index (Phi) is 7.92. The third kappa shape index (κ3) is 7.04. The Morgan fingerprint density at radius 2 is 1.06 bits per heavy atom. The normalized spacial score (nSPS) is 10.8. The molecule has 0 aliphatic carbocycles. The Balaban J connectivity index is 1.63. The monoisotopic (exact) mass is 436 g/mol. The molecule has 0 aliphatic heterocycles. The summed E-state index contributed by atoms with van der Waals surface area (Å²) >= 11 is 0. The molecule has 0 heterocycles. The minimum Gasteiger partial charge on any atom is -0.423 e. The summed E-state index contributed by atoms with van der Waals surface area (Å²) < 4.78 is 10.2. The van der Waals surface area contributed by atoms with Crippen LogP contribution >= 0.6 is 0 Å². The van der Waals surface area contributed by atoms with Gasteiger partial charge in [-0.15, -0.1) is 0 Å². The zero-order chi connectivity index (χ0) is 23.6. The lowest BCUT2D eigenvalue weighted by Gasteiger charge is -2.04. The number of carbonyl (C=O) groups excluding carboxylic acids is 2. The van der Waals surface area contributed by atoms with Crippen molar-refractivity contribution in [1.82, 2.24) is 0 Å². The van der Waals surface area contributed by atoms with Gasteiger partial charge in [0.05, 0.1) is 0 Å². The van der Waals surface area contributed by atoms with Crippen molar-refractivity contribution < 1.29 is 19.1 Å². The van der Waals surface area contributed by atoms with E-state index in [0.29, 0.717) is 11.5 Å². The molecule has 0 saturated heterocycles. The van der Waals surface area contributed by atoms with Gasteiger partial charge in [0.1, 0.15) is 11.5 Å². The fourth-order valence-corrected chi connectivity index (χ4v) is 2.98. The summed E-state index contributed by atoms with van der Waals surface area (Å²) in [5, 5.41) is 0. The zero-order valence-electron chi connectivity index (χ0n) is 18.4. The molecule has 33 heavy (non-hydrogen) atoms. The molecule has 3 rings (SSSR count). The second-order valence-corrected chi connectivity index (χ2v) is 7.17. The van der Waals surface area contributed by atoms with Crippen LogP contribution in [0.2, 0.25) is 0 Å². The molecule has 0 fully saturated rings. The highest BCUT2D eigenvalue weighted by Gasteiger charge is 2.01. The van der Waals surface area contributed by atoms with E-state index >= 15 is 0 Å². The van der Waals surface area contributed by atoms with E-state index in [1.165, 1.54) is 0 Å². The van der Waals surface area contributed by atoms with E-state index in [1.807, 2.05) is 42.5 Å². The van der Waals surface area contributed by atoms with E-state index in [0.717, 1.165) is 40.0 Å². The second kappa shape index (κ2) is 11.3. The van der Waals surface area contributed by atoms with Crippen molar-refractivity contribution in [3.05, 3.63) is 120 Å². The smallest absolute Gasteiger partial charge is 0.335 e. The number of hydrogen-bond donors (Lipinski definition) is 0. The highest BCUT2D eigenvalue weighted by molar-refractivity contribution is 5.84. The van der Waals surface area contributed by atoms with Gasteiger partial charge in [-0.3, -0.25) is 0 Å². The van der Waals surface area contributed by atoms with Crippen LogP contribution in [0.4, 0.5) is 0 Å². The van der Waals surface area contributed by atoms with Gasteiger partial charge in [0, 0.05) is 12.2 Å². The predicted octanol–water partition coefficient (Wildman–Crippen LogP) is 6.52. The summed E-state index contributed by atoms with van der Waals surface area (Å²) in [7, 11) is 0. The van der Waals surface area contributed by atoms with Crippen LogP contribution in [0.1, 0.15) is 27.8 Å². The van der Waals surface area contributed by atoms with Crippen molar-refractivity contribution in [3.8, 4) is 11.5 Å². The minimum atomic E-state index is -0.478. The van der Waals surface area contributed by atoms with Gasteiger partial charge in [0.25, 0.3) is 0 Å². The fraction of sp³-hybridized carbons (Fsp3) is 0.0345. The van der Waals surface area contributed by atoms with Crippen LogP contribution < -0.4 is 9.47 Å². The molecular weight excluding hydrogens is 412 g/mol. The van der Waals surface area contributed by atoms with Crippen molar-refractivity contribution in [3.63, 3.8) is 0 Å². The molecule has 0 N–H and O–H groups in total. The second-order valence-electron chi connectivity index (χ2n) is 7.17. The Morgan fingerprint density at radius 3 is 1.52 bits per heavy atom. The van der Waals surface area contributed by atoms with Gasteiger partial charge in [0.2, 0.25) is 0 Å². The van der Waals surface area contributed by atoms with Gasteiger partial charge in [-0.05, 0) is 59.0 Å². The van der Waals surface area contributed by atoms with Crippen LogP contribution in [-0.2, 0) is 9.59 Å². The SMILES string of the molecule is C=CC(=O)Oc1ccc(/C=C/c2ccc(/C=C/c3ccc(OC(=O)C=C)cc3)c(C)c2)cc1. The molecule has 4 nitrogen and oxygen atoms in total. The first kappa shape index (κ1) is 23.2. The molecular formula is C29H24O4. The van der Waals surface area contributed by atoms with E-state index in [-0.39, 0.29) is 0 Å². The average Bonchev–Trinajstić information content (AvgIpc) is 2.83. The van der Waals surface area contributed by atoms with Gasteiger partial charge in [-0.1, -0.05) is 79.9 Å². The molecule has 164 valence electrons. The molecule has 0 aliphatic rings. The Bertz CT molecular complexity index is 1210. The number of hydrogen-bond acceptors (Lipinski definition) is 4. The van der Waals surface area contributed by atoms with Crippen molar-refractivity contribution >= 4 is 36.2 Å². The highest BCUT2D eigenvalue weighted by Crippen LogP contribution is 2.19. The summed E-state index contributed by atoms with van der Waals surface area (Å²) in [4.78, 5) is 22.5. The maximum absolute atomic E-state index is 11.2. The number of aryl methyl sites for hydroxylation is 1. The van der Waals surface area contributed by atoms with Gasteiger partial charge in [-0.25, -0.2) is 9.59 Å². The molecule has 3 aromatic rings. The first-order chi connectivity index (χ1) is 16.0. The molecule has 0 spiro atoms. The largest absolute Gasteiger partial charge is 0.423 e. The Morgan fingerprint density at radius 1 is 0.636 bits per heavy atom. The van der Waals surface area contributed by atoms with Crippen LogP contribution in [0.15, 0.2) is 92.0 Å². The number of carbonyl (C=O) groups is 2. The van der Waals surface area contributed by atoms with Crippen molar-refractivity contribution in [1.29, 1.82) is 0 Å². The van der Waals surface area contributed by atoms with Crippen molar-refractivity contribution in [2.45, 2.75) is 6.92 Å². The number of esters is 2. The Hall–Kier alpha value is -4.44. The van der Waals surface area contributed by atoms with Gasteiger partial charge in [0.15, 0.2) is 0 Å². The van der Waals surface area contributed by atoms with Crippen LogP contribution in [0, 0.1) is 6.92 Å². The first-order valence-electron chi connectivity index (χ1n) is 10.3. The lowest BCUT2D eigenvalue weighted by atomic mass is 10.0. The van der Waals surface area contributed by atoms with E-state index < -0.39 is 11.9 Å². The van der Waals surface area contributed by atoms with Gasteiger partial charge < -0.3 is 9.47 Å². The Labute approximate surface area is 193 Å². The van der Waals surface area contributed by atoms with E-state index in [2.05, 4.69) is 44.4 Å². The first-order valence-corrected chi connectivity index (χ1v) is 10.3. The number of rotatable bonds is 8. The summed E-state index contributed by atoms with van der Waals surface area (Å²) in [5.41, 5.74) is 5.34. The lowest BCUT2D eigenvalue weighted by molar-refractivity contribution is -0.129. The van der Waals surface area contributed by atoms with Crippen molar-refractivity contribution in [2.75, 3.05) is 0 Å². The standard InChI is InChI=1S/C29H24O4/c1-4-28(30)32-26-16-10-22(11-17-26)6-7-24-9-15-25(21(3)20-24)14-8-23-12-18-27(19-13-23)33-29(31)5-2/h4-20H,1-2H2,3H3/b7-6+,14-8+. The van der Waals surface area contributed by atoms with Gasteiger partial charge in [-0.2, -0.15) is 0 Å². The molecule has 0 radical (unpaired) electrons. The van der Waals surface area contributed by atoms with E-state index in [1.54, 1.807) is 24.3 Å². The maximum Gasteiger partial charge on any atom is 0.335 e. The quantitative estimate of drug-likeness (QED) is 0.175. The van der Waals surface area contributed by atoms with E-state index in [9.17, 15) is 9.59 Å². The topological polar surface area (TPSA) is 52.6 Å². The van der Waals surface area contributed by atoms with E-state index in [4.69, 9.17) is 9.47 Å². The van der Waals surface area contributed by atoms with Gasteiger partial charge >= 0.3 is 11.9 Å². The summed E-state index contributed by atoms with van der Waals surface area (Å²) in [6.45, 7) is 8.84. The maximum atomic E-state index is 11.2. The third-order valence-electron chi connectivity index (χ3n) is 4.75. The highest BCUT2D eigenvalue weighted by atomic mass is 16.5. The minimum absolute atomic E-state index is 0.478. The van der Waals surface area contributed by atoms with Crippen LogP contribution in [-0.4, -0.2) is 11.9 Å². The lowest BCUT2D eigenvalue weighted by Crippen LogP contribution is -2.02.